The van der Waals surface area contributed by atoms with Gasteiger partial charge in [0, 0.05) is 20.1 Å². The molecule has 3 heterocycles. The number of fused-ring (bicyclic) bond motifs is 1. The van der Waals surface area contributed by atoms with E-state index < -0.39 is 5.91 Å². The van der Waals surface area contributed by atoms with Gasteiger partial charge in [0.05, 0.1) is 32.0 Å². The van der Waals surface area contributed by atoms with Crippen LogP contribution in [-0.4, -0.2) is 50.4 Å². The summed E-state index contributed by atoms with van der Waals surface area (Å²) in [5.74, 6) is 0.933. The van der Waals surface area contributed by atoms with Gasteiger partial charge in [-0.25, -0.2) is 0 Å². The van der Waals surface area contributed by atoms with Crippen LogP contribution in [0.2, 0.25) is 0 Å². The number of nitrogens with zero attached hydrogens (tertiary/aromatic N) is 2. The average Bonchev–Trinajstić information content (AvgIpc) is 3.39. The van der Waals surface area contributed by atoms with Gasteiger partial charge in [-0.15, -0.1) is 0 Å². The Balaban J connectivity index is 1.53. The van der Waals surface area contributed by atoms with E-state index in [-0.39, 0.29) is 40.4 Å². The Hall–Kier alpha value is -3.63. The Bertz CT molecular complexity index is 1310. The molecule has 0 fully saturated rings. The molecule has 0 spiro atoms. The van der Waals surface area contributed by atoms with Crippen molar-refractivity contribution in [3.8, 4) is 11.8 Å². The number of ether oxygens (including phenoxy) is 4. The maximum atomic E-state index is 13.1. The van der Waals surface area contributed by atoms with E-state index in [0.717, 1.165) is 11.1 Å². The van der Waals surface area contributed by atoms with Crippen LogP contribution in [0, 0.1) is 6.92 Å². The third-order valence-electron chi connectivity index (χ3n) is 6.59. The normalized spacial score (nSPS) is 15.2. The van der Waals surface area contributed by atoms with Gasteiger partial charge in [0.25, 0.3) is 5.91 Å². The van der Waals surface area contributed by atoms with Crippen molar-refractivity contribution in [3.63, 3.8) is 0 Å². The Morgan fingerprint density at radius 1 is 0.974 bits per heavy atom. The van der Waals surface area contributed by atoms with Crippen LogP contribution in [0.3, 0.4) is 0 Å². The zero-order valence-electron chi connectivity index (χ0n) is 23.3. The van der Waals surface area contributed by atoms with Gasteiger partial charge >= 0.3 is 0 Å². The van der Waals surface area contributed by atoms with Crippen LogP contribution >= 0.6 is 0 Å². The molecule has 0 unspecified atom stereocenters. The van der Waals surface area contributed by atoms with Crippen molar-refractivity contribution in [2.45, 2.75) is 52.2 Å². The van der Waals surface area contributed by atoms with Gasteiger partial charge in [-0.05, 0) is 69.0 Å². The summed E-state index contributed by atoms with van der Waals surface area (Å²) in [6, 6.07) is 7.84. The number of nitrogens with one attached hydrogen (secondary N) is 2. The largest absolute Gasteiger partial charge is 0.479 e. The van der Waals surface area contributed by atoms with Crippen molar-refractivity contribution in [2.24, 2.45) is 0 Å². The molecule has 0 saturated heterocycles. The smallest absolute Gasteiger partial charge is 0.291 e. The van der Waals surface area contributed by atoms with Crippen LogP contribution in [0.5, 0.6) is 11.8 Å². The molecule has 38 heavy (non-hydrogen) atoms. The third-order valence-corrected chi connectivity index (χ3v) is 6.59. The van der Waals surface area contributed by atoms with Gasteiger partial charge < -0.3 is 34.0 Å². The van der Waals surface area contributed by atoms with E-state index in [4.69, 9.17) is 23.4 Å². The summed E-state index contributed by atoms with van der Waals surface area (Å²) < 4.78 is 28.0. The summed E-state index contributed by atoms with van der Waals surface area (Å²) in [4.78, 5) is 21.7. The van der Waals surface area contributed by atoms with Gasteiger partial charge in [-0.3, -0.25) is 4.79 Å². The molecule has 2 N–H and O–H groups in total. The van der Waals surface area contributed by atoms with E-state index in [2.05, 4.69) is 67.4 Å². The molecule has 0 aliphatic carbocycles. The molecular weight excluding hydrogens is 488 g/mol. The van der Waals surface area contributed by atoms with E-state index in [0.29, 0.717) is 25.3 Å². The molecule has 10 nitrogen and oxygen atoms in total. The fourth-order valence-electron chi connectivity index (χ4n) is 4.81. The Kier molecular flexibility index (Phi) is 7.66. The van der Waals surface area contributed by atoms with Gasteiger partial charge in [0.1, 0.15) is 5.76 Å². The lowest BCUT2D eigenvalue weighted by Gasteiger charge is -2.24. The predicted octanol–water partition coefficient (Wildman–Crippen LogP) is 4.80. The second kappa shape index (κ2) is 10.6. The number of aryl methyl sites for hydroxylation is 1. The van der Waals surface area contributed by atoms with Crippen LogP contribution < -0.4 is 20.1 Å². The van der Waals surface area contributed by atoms with E-state index in [1.165, 1.54) is 25.3 Å². The van der Waals surface area contributed by atoms with Gasteiger partial charge in [-0.1, -0.05) is 12.1 Å². The second-order valence-electron chi connectivity index (χ2n) is 10.2. The highest BCUT2D eigenvalue weighted by Crippen LogP contribution is 2.47. The van der Waals surface area contributed by atoms with Crippen molar-refractivity contribution in [1.29, 1.82) is 0 Å². The van der Waals surface area contributed by atoms with Gasteiger partial charge in [0.2, 0.25) is 17.7 Å². The number of anilines is 2. The number of furan rings is 1. The number of benzene rings is 1. The Morgan fingerprint density at radius 2 is 1.61 bits per heavy atom. The molecule has 1 aromatic carbocycles. The fourth-order valence-corrected chi connectivity index (χ4v) is 4.81. The molecular formula is C28H36N4O6. The highest BCUT2D eigenvalue weighted by molar-refractivity contribution is 6.03. The minimum atomic E-state index is -0.474. The molecule has 0 saturated carbocycles. The summed E-state index contributed by atoms with van der Waals surface area (Å²) in [5.41, 5.74) is 4.11. The highest BCUT2D eigenvalue weighted by atomic mass is 16.5. The SMILES string of the molecule is COCCNc1nc(OC)c(NC(=O)c2ccc(Cc3cc4c(cc3C)C(C)(C)OC4(C)C)o2)c(OC)n1. The van der Waals surface area contributed by atoms with Crippen LogP contribution in [0.25, 0.3) is 0 Å². The predicted molar refractivity (Wildman–Crippen MR) is 143 cm³/mol. The van der Waals surface area contributed by atoms with E-state index in [1.54, 1.807) is 19.2 Å². The van der Waals surface area contributed by atoms with E-state index in [1.807, 2.05) is 0 Å². The van der Waals surface area contributed by atoms with Crippen molar-refractivity contribution >= 4 is 17.5 Å². The molecule has 3 aromatic rings. The summed E-state index contributed by atoms with van der Waals surface area (Å²) >= 11 is 0. The number of amides is 1. The molecule has 0 radical (unpaired) electrons. The maximum absolute atomic E-state index is 13.1. The molecule has 204 valence electrons. The second-order valence-corrected chi connectivity index (χ2v) is 10.2. The molecule has 0 bridgehead atoms. The number of methoxy groups -OCH3 is 3. The summed E-state index contributed by atoms with van der Waals surface area (Å²) in [5, 5.41) is 5.77. The van der Waals surface area contributed by atoms with Crippen molar-refractivity contribution in [3.05, 3.63) is 58.0 Å². The third kappa shape index (κ3) is 5.46. The lowest BCUT2D eigenvalue weighted by Crippen LogP contribution is -2.22. The lowest BCUT2D eigenvalue weighted by molar-refractivity contribution is -0.105. The molecule has 4 rings (SSSR count). The van der Waals surface area contributed by atoms with Crippen LogP contribution in [-0.2, 0) is 27.1 Å². The highest BCUT2D eigenvalue weighted by Gasteiger charge is 2.43. The topological polar surface area (TPSA) is 117 Å². The van der Waals surface area contributed by atoms with Crippen LogP contribution in [0.4, 0.5) is 11.6 Å². The van der Waals surface area contributed by atoms with Gasteiger partial charge in [0.15, 0.2) is 11.4 Å². The van der Waals surface area contributed by atoms with E-state index in [9.17, 15) is 4.79 Å². The summed E-state index contributed by atoms with van der Waals surface area (Å²) in [6.45, 7) is 11.4. The Labute approximate surface area is 223 Å². The molecule has 10 heteroatoms. The molecule has 1 aliphatic heterocycles. The Morgan fingerprint density at radius 3 is 2.21 bits per heavy atom. The first-order valence-corrected chi connectivity index (χ1v) is 12.5. The molecule has 1 aliphatic rings. The first-order valence-electron chi connectivity index (χ1n) is 12.5. The first-order chi connectivity index (χ1) is 18.0. The van der Waals surface area contributed by atoms with Crippen molar-refractivity contribution < 1.29 is 28.2 Å². The standard InChI is InChI=1S/C28H36N4O6/c1-16-13-19-20(28(4,5)38-27(19,2)3)15-17(16)14-18-9-10-21(37-18)23(33)30-22-24(35-7)31-26(29-11-12-34-6)32-25(22)36-8/h9-10,13,15H,11-12,14H2,1-8H3,(H,30,33)(H,29,31,32). The first kappa shape index (κ1) is 27.4. The minimum absolute atomic E-state index is 0.148. The van der Waals surface area contributed by atoms with Gasteiger partial charge in [-0.2, -0.15) is 9.97 Å². The average molecular weight is 525 g/mol. The lowest BCUT2D eigenvalue weighted by atomic mass is 9.86. The molecule has 0 atom stereocenters. The number of carbonyl (C=O) groups excluding carboxylic acids is 1. The fraction of sp³-hybridized carbons (Fsp3) is 0.464. The van der Waals surface area contributed by atoms with Crippen LogP contribution in [0.15, 0.2) is 28.7 Å². The van der Waals surface area contributed by atoms with Crippen molar-refractivity contribution in [1.82, 2.24) is 9.97 Å². The summed E-state index contributed by atoms with van der Waals surface area (Å²) in [6.07, 6.45) is 0.542. The van der Waals surface area contributed by atoms with Crippen molar-refractivity contribution in [2.75, 3.05) is 45.1 Å². The number of rotatable bonds is 10. The number of carbonyl (C=O) groups is 1. The molecule has 2 aromatic heterocycles. The quantitative estimate of drug-likeness (QED) is 0.361. The number of hydrogen-bond donors (Lipinski definition) is 2. The summed E-state index contributed by atoms with van der Waals surface area (Å²) in [7, 11) is 4.51. The zero-order valence-corrected chi connectivity index (χ0v) is 23.3. The minimum Gasteiger partial charge on any atom is -0.479 e. The zero-order chi connectivity index (χ0) is 27.7. The number of aromatic nitrogens is 2. The van der Waals surface area contributed by atoms with E-state index >= 15 is 0 Å². The number of hydrogen-bond acceptors (Lipinski definition) is 9. The monoisotopic (exact) mass is 524 g/mol. The molecule has 1 amide bonds. The maximum Gasteiger partial charge on any atom is 0.291 e. The van der Waals surface area contributed by atoms with Crippen LogP contribution in [0.1, 0.15) is 66.3 Å².